The third-order valence-corrected chi connectivity index (χ3v) is 6.94. The van der Waals surface area contributed by atoms with Crippen molar-refractivity contribution < 1.29 is 26.7 Å². The highest BCUT2D eigenvalue weighted by atomic mass is 19.4. The van der Waals surface area contributed by atoms with Gasteiger partial charge < -0.3 is 14.6 Å². The quantitative estimate of drug-likeness (QED) is 0.307. The number of ether oxygens (including phenoxy) is 1. The molecular weight excluding hydrogens is 551 g/mol. The number of fused-ring (bicyclic) bond motifs is 2. The summed E-state index contributed by atoms with van der Waals surface area (Å²) in [5.74, 6) is -0.588. The van der Waals surface area contributed by atoms with Crippen LogP contribution in [0.25, 0.3) is 22.2 Å². The highest BCUT2D eigenvalue weighted by molar-refractivity contribution is 5.86. The van der Waals surface area contributed by atoms with Gasteiger partial charge in [-0.15, -0.1) is 0 Å². The van der Waals surface area contributed by atoms with Gasteiger partial charge in [0.25, 0.3) is 11.1 Å². The van der Waals surface area contributed by atoms with E-state index >= 15 is 4.39 Å². The third-order valence-electron chi connectivity index (χ3n) is 6.94. The van der Waals surface area contributed by atoms with Crippen LogP contribution in [0.3, 0.4) is 0 Å². The Bertz CT molecular complexity index is 1750. The number of alkyl halides is 4. The summed E-state index contributed by atoms with van der Waals surface area (Å²) in [6.07, 6.45) is -3.14. The molecule has 5 rings (SSSR count). The Hall–Kier alpha value is -4.20. The van der Waals surface area contributed by atoms with Crippen LogP contribution >= 0.6 is 0 Å². The summed E-state index contributed by atoms with van der Waals surface area (Å²) >= 11 is 0. The van der Waals surface area contributed by atoms with Crippen molar-refractivity contribution in [3.8, 4) is 11.4 Å². The van der Waals surface area contributed by atoms with Gasteiger partial charge in [0, 0.05) is 30.4 Å². The number of anilines is 1. The normalized spacial score (nSPS) is 16.0. The first kappa shape index (κ1) is 28.3. The Kier molecular flexibility index (Phi) is 7.14. The topological polar surface area (TPSA) is 115 Å². The Balaban J connectivity index is 1.34. The summed E-state index contributed by atoms with van der Waals surface area (Å²) in [6.45, 7) is 5.04. The van der Waals surface area contributed by atoms with Gasteiger partial charge in [0.1, 0.15) is 17.6 Å². The lowest BCUT2D eigenvalue weighted by Crippen LogP contribution is -2.30. The van der Waals surface area contributed by atoms with Crippen LogP contribution in [0, 0.1) is 5.82 Å². The summed E-state index contributed by atoms with van der Waals surface area (Å²) in [6, 6.07) is 3.18. The van der Waals surface area contributed by atoms with Crippen LogP contribution in [0.15, 0.2) is 46.4 Å². The fourth-order valence-electron chi connectivity index (χ4n) is 4.89. The Morgan fingerprint density at radius 3 is 2.71 bits per heavy atom. The van der Waals surface area contributed by atoms with E-state index in [-0.39, 0.29) is 29.8 Å². The Labute approximate surface area is 229 Å². The highest BCUT2D eigenvalue weighted by Crippen LogP contribution is 2.36. The fraction of sp³-hybridized carbons (Fsp3) is 0.370. The lowest BCUT2D eigenvalue weighted by atomic mass is 10.0. The molecule has 1 aliphatic rings. The number of benzene rings is 1. The average Bonchev–Trinajstić information content (AvgIpc) is 3.18. The van der Waals surface area contributed by atoms with Crippen molar-refractivity contribution in [3.05, 3.63) is 80.1 Å². The van der Waals surface area contributed by atoms with E-state index in [0.717, 1.165) is 22.4 Å². The zero-order valence-corrected chi connectivity index (χ0v) is 22.1. The van der Waals surface area contributed by atoms with Gasteiger partial charge in [-0.05, 0) is 44.4 Å². The number of halogens is 5. The first-order valence-electron chi connectivity index (χ1n) is 12.6. The van der Waals surface area contributed by atoms with E-state index in [1.165, 1.54) is 25.3 Å². The first-order valence-corrected chi connectivity index (χ1v) is 12.6. The molecule has 1 aliphatic heterocycles. The van der Waals surface area contributed by atoms with Crippen molar-refractivity contribution in [3.63, 3.8) is 0 Å². The lowest BCUT2D eigenvalue weighted by Gasteiger charge is -2.20. The number of aromatic amines is 1. The Morgan fingerprint density at radius 1 is 1.22 bits per heavy atom. The molecule has 0 spiro atoms. The van der Waals surface area contributed by atoms with Gasteiger partial charge >= 0.3 is 6.18 Å². The molecule has 1 aromatic carbocycles. The van der Waals surface area contributed by atoms with E-state index in [1.54, 1.807) is 11.3 Å². The van der Waals surface area contributed by atoms with Gasteiger partial charge in [-0.2, -0.15) is 18.3 Å². The van der Waals surface area contributed by atoms with Crippen LogP contribution in [0.5, 0.6) is 0 Å². The predicted octanol–water partition coefficient (Wildman–Crippen LogP) is 4.69. The summed E-state index contributed by atoms with van der Waals surface area (Å²) in [4.78, 5) is 33.4. The standard InChI is InChI=1S/C27H25F5N6O3/c1-13(35-20-10-34-37-24(39)22(20)27(30,31)32)6-15(28)11-38-5-4-14-7-17(19(29)8-16(14)25(38)40)23-33-9-18-21(36-23)12-41-26(18,2)3/h4-5,7-10,13,15H,6,11-12H2,1-3H3,(H2,35,37,39)/t13-,15-/m1/s1. The molecule has 0 unspecified atom stereocenters. The molecular formula is C27H25F5N6O3. The number of pyridine rings is 1. The average molecular weight is 577 g/mol. The molecule has 0 bridgehead atoms. The molecule has 0 aliphatic carbocycles. The maximum absolute atomic E-state index is 15.2. The molecule has 0 fully saturated rings. The number of aromatic nitrogens is 5. The minimum absolute atomic E-state index is 0.0159. The van der Waals surface area contributed by atoms with Gasteiger partial charge in [0.2, 0.25) is 0 Å². The zero-order chi connectivity index (χ0) is 29.7. The fourth-order valence-corrected chi connectivity index (χ4v) is 4.89. The number of nitrogens with one attached hydrogen (secondary N) is 2. The van der Waals surface area contributed by atoms with E-state index in [2.05, 4.69) is 20.4 Å². The first-order chi connectivity index (χ1) is 19.2. The molecule has 0 saturated carbocycles. The molecule has 216 valence electrons. The SMILES string of the molecule is C[C@H](C[C@@H](F)Cn1ccc2cc(-c3ncc4c(n3)COC4(C)C)c(F)cc2c1=O)Nc1cn[nH]c(=O)c1C(F)(F)F. The smallest absolute Gasteiger partial charge is 0.381 e. The molecule has 41 heavy (non-hydrogen) atoms. The summed E-state index contributed by atoms with van der Waals surface area (Å²) in [7, 11) is 0. The second-order valence-corrected chi connectivity index (χ2v) is 10.4. The van der Waals surface area contributed by atoms with Crippen molar-refractivity contribution in [1.29, 1.82) is 0 Å². The van der Waals surface area contributed by atoms with Gasteiger partial charge in [-0.25, -0.2) is 23.8 Å². The van der Waals surface area contributed by atoms with Crippen molar-refractivity contribution in [1.82, 2.24) is 24.7 Å². The molecule has 4 aromatic rings. The van der Waals surface area contributed by atoms with Crippen molar-refractivity contribution >= 4 is 16.5 Å². The van der Waals surface area contributed by atoms with Crippen LogP contribution in [-0.4, -0.2) is 36.9 Å². The minimum atomic E-state index is -4.95. The second kappa shape index (κ2) is 10.3. The van der Waals surface area contributed by atoms with Crippen LogP contribution in [0.2, 0.25) is 0 Å². The van der Waals surface area contributed by atoms with Crippen LogP contribution in [-0.2, 0) is 29.7 Å². The predicted molar refractivity (Wildman–Crippen MR) is 139 cm³/mol. The van der Waals surface area contributed by atoms with Crippen LogP contribution in [0.1, 0.15) is 44.0 Å². The van der Waals surface area contributed by atoms with Crippen LogP contribution in [0.4, 0.5) is 27.6 Å². The molecule has 2 atom stereocenters. The van der Waals surface area contributed by atoms with Crippen molar-refractivity contribution in [2.24, 2.45) is 0 Å². The van der Waals surface area contributed by atoms with Crippen LogP contribution < -0.4 is 16.4 Å². The molecule has 0 amide bonds. The summed E-state index contributed by atoms with van der Waals surface area (Å²) in [5, 5.41) is 7.98. The number of H-pyrrole nitrogens is 1. The number of hydrogen-bond donors (Lipinski definition) is 2. The van der Waals surface area contributed by atoms with Gasteiger partial charge in [-0.3, -0.25) is 9.59 Å². The molecule has 3 aromatic heterocycles. The maximum atomic E-state index is 15.2. The van der Waals surface area contributed by atoms with Gasteiger partial charge in [0.05, 0.1) is 47.3 Å². The Morgan fingerprint density at radius 2 is 1.98 bits per heavy atom. The second-order valence-electron chi connectivity index (χ2n) is 10.4. The largest absolute Gasteiger partial charge is 0.423 e. The van der Waals surface area contributed by atoms with E-state index < -0.39 is 58.7 Å². The van der Waals surface area contributed by atoms with E-state index in [9.17, 15) is 27.2 Å². The molecule has 4 heterocycles. The summed E-state index contributed by atoms with van der Waals surface area (Å²) in [5.41, 5.74) is -3.11. The van der Waals surface area contributed by atoms with E-state index in [0.29, 0.717) is 11.1 Å². The zero-order valence-electron chi connectivity index (χ0n) is 22.1. The molecule has 0 saturated heterocycles. The minimum Gasteiger partial charge on any atom is -0.381 e. The van der Waals surface area contributed by atoms with Gasteiger partial charge in [0.15, 0.2) is 5.82 Å². The van der Waals surface area contributed by atoms with E-state index in [1.807, 2.05) is 13.8 Å². The molecule has 0 radical (unpaired) electrons. The van der Waals surface area contributed by atoms with Crippen molar-refractivity contribution in [2.45, 2.75) is 64.3 Å². The molecule has 9 nitrogen and oxygen atoms in total. The molecule has 14 heteroatoms. The lowest BCUT2D eigenvalue weighted by molar-refractivity contribution is -0.138. The number of nitrogens with zero attached hydrogens (tertiary/aromatic N) is 4. The number of rotatable bonds is 7. The third kappa shape index (κ3) is 5.56. The molecule has 2 N–H and O–H groups in total. The van der Waals surface area contributed by atoms with Crippen molar-refractivity contribution in [2.75, 3.05) is 5.32 Å². The monoisotopic (exact) mass is 576 g/mol. The summed E-state index contributed by atoms with van der Waals surface area (Å²) < 4.78 is 76.7. The maximum Gasteiger partial charge on any atom is 0.423 e. The van der Waals surface area contributed by atoms with Gasteiger partial charge in [-0.1, -0.05) is 0 Å². The number of hydrogen-bond acceptors (Lipinski definition) is 7. The highest BCUT2D eigenvalue weighted by Gasteiger charge is 2.38. The van der Waals surface area contributed by atoms with E-state index in [4.69, 9.17) is 4.74 Å².